The van der Waals surface area contributed by atoms with Gasteiger partial charge in [0.1, 0.15) is 0 Å². The molecule has 0 aromatic heterocycles. The van der Waals surface area contributed by atoms with Crippen LogP contribution in [0.3, 0.4) is 0 Å². The van der Waals surface area contributed by atoms with Crippen LogP contribution >= 0.6 is 19.4 Å². The number of fused-ring (bicyclic) bond motifs is 1. The third-order valence-electron chi connectivity index (χ3n) is 6.08. The van der Waals surface area contributed by atoms with Crippen molar-refractivity contribution in [2.75, 3.05) is 16.8 Å². The molecule has 0 unspecified atom stereocenters. The first-order valence-electron chi connectivity index (χ1n) is 11.3. The van der Waals surface area contributed by atoms with Crippen LogP contribution in [-0.4, -0.2) is 18.4 Å². The SMILES string of the molecule is Cc1ccccc1C(=O)Nc1ccc(C(=O)N2CCC[C@@H](OP(=O)([O-])[O-])c3cc(Cl)ccc32)c(C)c1.[Na+].[Na+]. The molecule has 1 heterocycles. The third-order valence-corrected chi connectivity index (χ3v) is 6.83. The molecule has 0 bridgehead atoms. The van der Waals surface area contributed by atoms with E-state index in [-0.39, 0.29) is 77.3 Å². The van der Waals surface area contributed by atoms with Crippen molar-refractivity contribution >= 4 is 42.6 Å². The number of phosphoric acid groups is 1. The maximum Gasteiger partial charge on any atom is 1.00 e. The molecule has 1 N–H and O–H groups in total. The van der Waals surface area contributed by atoms with Crippen molar-refractivity contribution in [2.24, 2.45) is 0 Å². The Balaban J connectivity index is 0.00000253. The molecular formula is C26H24ClN2Na2O6P. The molecule has 12 heteroatoms. The summed E-state index contributed by atoms with van der Waals surface area (Å²) in [6, 6.07) is 17.0. The predicted molar refractivity (Wildman–Crippen MR) is 134 cm³/mol. The number of carbonyl (C=O) groups excluding carboxylic acids is 2. The Bertz CT molecular complexity index is 1380. The zero-order valence-electron chi connectivity index (χ0n) is 21.7. The molecule has 8 nitrogen and oxygen atoms in total. The quantitative estimate of drug-likeness (QED) is 0.295. The van der Waals surface area contributed by atoms with Gasteiger partial charge in [-0.15, -0.1) is 0 Å². The van der Waals surface area contributed by atoms with Crippen molar-refractivity contribution in [3.05, 3.63) is 93.5 Å². The average molecular weight is 573 g/mol. The van der Waals surface area contributed by atoms with Gasteiger partial charge in [-0.3, -0.25) is 9.59 Å². The number of rotatable bonds is 5. The first-order chi connectivity index (χ1) is 17.0. The Morgan fingerprint density at radius 2 is 1.71 bits per heavy atom. The van der Waals surface area contributed by atoms with Gasteiger partial charge in [-0.25, -0.2) is 0 Å². The van der Waals surface area contributed by atoms with Crippen LogP contribution in [0.5, 0.6) is 0 Å². The summed E-state index contributed by atoms with van der Waals surface area (Å²) < 4.78 is 16.1. The first-order valence-corrected chi connectivity index (χ1v) is 13.2. The van der Waals surface area contributed by atoms with E-state index in [4.69, 9.17) is 16.1 Å². The van der Waals surface area contributed by atoms with Crippen LogP contribution in [0.2, 0.25) is 5.02 Å². The van der Waals surface area contributed by atoms with Gasteiger partial charge in [0, 0.05) is 39.6 Å². The number of hydrogen-bond donors (Lipinski definition) is 1. The van der Waals surface area contributed by atoms with Crippen molar-refractivity contribution in [2.45, 2.75) is 32.8 Å². The molecule has 0 saturated heterocycles. The third kappa shape index (κ3) is 8.03. The van der Waals surface area contributed by atoms with Crippen molar-refractivity contribution in [3.8, 4) is 0 Å². The van der Waals surface area contributed by atoms with E-state index in [1.165, 1.54) is 11.0 Å². The number of carbonyl (C=O) groups is 2. The van der Waals surface area contributed by atoms with Gasteiger partial charge in [-0.05, 0) is 80.3 Å². The van der Waals surface area contributed by atoms with Crippen molar-refractivity contribution in [3.63, 3.8) is 0 Å². The van der Waals surface area contributed by atoms with Crippen LogP contribution in [0.1, 0.15) is 56.4 Å². The molecule has 1 atom stereocenters. The van der Waals surface area contributed by atoms with E-state index in [1.807, 2.05) is 19.1 Å². The minimum Gasteiger partial charge on any atom is -0.790 e. The number of phosphoric ester groups is 1. The number of anilines is 2. The summed E-state index contributed by atoms with van der Waals surface area (Å²) in [7, 11) is -5.26. The van der Waals surface area contributed by atoms with Crippen molar-refractivity contribution in [1.82, 2.24) is 0 Å². The van der Waals surface area contributed by atoms with Gasteiger partial charge in [0.25, 0.3) is 11.8 Å². The number of nitrogens with zero attached hydrogens (tertiary/aromatic N) is 1. The fraction of sp³-hybridized carbons (Fsp3) is 0.231. The summed E-state index contributed by atoms with van der Waals surface area (Å²) in [5, 5.41) is 3.19. The number of nitrogens with one attached hydrogen (secondary N) is 1. The number of benzene rings is 3. The Hall–Kier alpha value is -1.000. The number of amides is 2. The van der Waals surface area contributed by atoms with Gasteiger partial charge in [0.2, 0.25) is 0 Å². The van der Waals surface area contributed by atoms with E-state index < -0.39 is 13.9 Å². The molecule has 38 heavy (non-hydrogen) atoms. The maximum atomic E-state index is 13.6. The molecule has 188 valence electrons. The molecule has 1 aliphatic rings. The van der Waals surface area contributed by atoms with Crippen molar-refractivity contribution in [1.29, 1.82) is 0 Å². The Labute approximate surface area is 270 Å². The second-order valence-electron chi connectivity index (χ2n) is 8.64. The molecule has 3 aromatic rings. The fourth-order valence-corrected chi connectivity index (χ4v) is 5.08. The summed E-state index contributed by atoms with van der Waals surface area (Å²) in [6.07, 6.45) is -0.390. The van der Waals surface area contributed by atoms with Crippen LogP contribution in [0.4, 0.5) is 11.4 Å². The summed E-state index contributed by atoms with van der Waals surface area (Å²) in [5.41, 5.74) is 3.83. The van der Waals surface area contributed by atoms with Crippen LogP contribution in [0, 0.1) is 13.8 Å². The van der Waals surface area contributed by atoms with E-state index in [2.05, 4.69) is 5.32 Å². The van der Waals surface area contributed by atoms with Gasteiger partial charge in [-0.2, -0.15) is 0 Å². The molecule has 0 spiro atoms. The molecule has 4 rings (SSSR count). The Kier molecular flexibility index (Phi) is 12.3. The first kappa shape index (κ1) is 33.2. The van der Waals surface area contributed by atoms with Crippen LogP contribution in [0.25, 0.3) is 0 Å². The summed E-state index contributed by atoms with van der Waals surface area (Å²) in [5.74, 6) is -0.550. The van der Waals surface area contributed by atoms with Crippen LogP contribution in [-0.2, 0) is 9.09 Å². The number of aryl methyl sites for hydroxylation is 2. The van der Waals surface area contributed by atoms with Crippen molar-refractivity contribution < 1.29 is 87.6 Å². The standard InChI is InChI=1S/C26H26ClN2O6P.2Na/c1-16-6-3-4-7-20(16)25(30)28-19-10-11-21(17(2)14-19)26(31)29-13-5-8-24(35-36(32,33)34)22-15-18(27)9-12-23(22)29;;/h3-4,6-7,9-12,14-15,24H,5,8,13H2,1-2H3,(H,28,30)(H2,32,33,34);;/q;2*+1/p-2/t24-;;/m1../s1. The van der Waals surface area contributed by atoms with Gasteiger partial charge in [0.05, 0.1) is 13.9 Å². The second-order valence-corrected chi connectivity index (χ2v) is 10.2. The monoisotopic (exact) mass is 572 g/mol. The molecule has 0 aliphatic carbocycles. The van der Waals surface area contributed by atoms with E-state index >= 15 is 0 Å². The van der Waals surface area contributed by atoms with Crippen LogP contribution < -0.4 is 79.1 Å². The van der Waals surface area contributed by atoms with E-state index in [0.29, 0.717) is 51.6 Å². The summed E-state index contributed by atoms with van der Waals surface area (Å²) in [4.78, 5) is 50.4. The molecule has 0 fully saturated rings. The van der Waals surface area contributed by atoms with Crippen LogP contribution in [0.15, 0.2) is 60.7 Å². The normalized spacial score (nSPS) is 14.9. The molecule has 2 amide bonds. The predicted octanol–water partition coefficient (Wildman–Crippen LogP) is -1.46. The average Bonchev–Trinajstić information content (AvgIpc) is 2.97. The summed E-state index contributed by atoms with van der Waals surface area (Å²) in [6.45, 7) is 3.92. The zero-order valence-corrected chi connectivity index (χ0v) is 27.3. The second kappa shape index (κ2) is 14.1. The van der Waals surface area contributed by atoms with E-state index in [1.54, 1.807) is 49.4 Å². The molecule has 0 saturated carbocycles. The summed E-state index contributed by atoms with van der Waals surface area (Å²) >= 11 is 6.13. The van der Waals surface area contributed by atoms with E-state index in [9.17, 15) is 23.9 Å². The zero-order chi connectivity index (χ0) is 26.0. The minimum atomic E-state index is -5.26. The molecular weight excluding hydrogens is 549 g/mol. The van der Waals surface area contributed by atoms with Gasteiger partial charge >= 0.3 is 59.1 Å². The molecule has 3 aromatic carbocycles. The van der Waals surface area contributed by atoms with Gasteiger partial charge in [-0.1, -0.05) is 29.8 Å². The molecule has 1 aliphatic heterocycles. The molecule has 0 radical (unpaired) electrons. The maximum absolute atomic E-state index is 13.6. The number of halogens is 1. The van der Waals surface area contributed by atoms with Gasteiger partial charge in [0.15, 0.2) is 0 Å². The Morgan fingerprint density at radius 1 is 1.00 bits per heavy atom. The Morgan fingerprint density at radius 3 is 2.37 bits per heavy atom. The minimum absolute atomic E-state index is 0. The fourth-order valence-electron chi connectivity index (χ4n) is 4.37. The topological polar surface area (TPSA) is 122 Å². The van der Waals surface area contributed by atoms with E-state index in [0.717, 1.165) is 5.56 Å². The number of hydrogen-bond acceptors (Lipinski definition) is 6. The smallest absolute Gasteiger partial charge is 0.790 e. The largest absolute Gasteiger partial charge is 1.00 e. The van der Waals surface area contributed by atoms with Gasteiger partial charge < -0.3 is 29.1 Å².